The quantitative estimate of drug-likeness (QED) is 0.0922. The van der Waals surface area contributed by atoms with E-state index in [0.717, 1.165) is 22.2 Å². The van der Waals surface area contributed by atoms with E-state index >= 15 is 0 Å². The molecule has 0 amide bonds. The van der Waals surface area contributed by atoms with Gasteiger partial charge in [0.05, 0.1) is 0 Å². The summed E-state index contributed by atoms with van der Waals surface area (Å²) in [6.07, 6.45) is 0. The van der Waals surface area contributed by atoms with Gasteiger partial charge in [-0.3, -0.25) is 0 Å². The van der Waals surface area contributed by atoms with Crippen LogP contribution in [0.5, 0.6) is 0 Å². The van der Waals surface area contributed by atoms with Crippen LogP contribution in [0.3, 0.4) is 0 Å². The Morgan fingerprint density at radius 2 is 0.738 bits per heavy atom. The van der Waals surface area contributed by atoms with Crippen LogP contribution in [0.15, 0.2) is 231 Å². The van der Waals surface area contributed by atoms with Gasteiger partial charge in [0.1, 0.15) is 0 Å². The third kappa shape index (κ3) is 6.10. The van der Waals surface area contributed by atoms with E-state index in [-0.39, 0.29) is 0 Å². The number of hydrogen-bond acceptors (Lipinski definition) is 1. The molecule has 0 radical (unpaired) electrons. The van der Waals surface area contributed by atoms with E-state index in [1.54, 1.807) is 0 Å². The van der Waals surface area contributed by atoms with Gasteiger partial charge in [-0.15, -0.1) is 0 Å². The van der Waals surface area contributed by atoms with E-state index in [2.05, 4.69) is 265 Å². The second kappa shape index (κ2) is 15.2. The second-order valence-corrected chi connectivity index (χ2v) is 29.4. The number of benzene rings is 11. The van der Waals surface area contributed by atoms with Crippen LogP contribution < -0.4 is 31.8 Å². The molecule has 2 nitrogen and oxygen atoms in total. The average molecular weight is 995 g/mol. The maximum absolute atomic E-state index is 5.72. The van der Waals surface area contributed by atoms with Crippen LogP contribution in [0.4, 0.5) is 0 Å². The minimum absolute atomic E-state index is 0.975. The first-order valence-electron chi connectivity index (χ1n) is 21.9. The fourth-order valence-corrected chi connectivity index (χ4v) is 19.9. The summed E-state index contributed by atoms with van der Waals surface area (Å²) < 4.78 is 2.45. The topological polar surface area (TPSA) is 17.3 Å². The zero-order chi connectivity index (χ0) is 43.3. The Morgan fingerprint density at radius 3 is 1.34 bits per heavy atom. The molecule has 0 saturated heterocycles. The van der Waals surface area contributed by atoms with Gasteiger partial charge >= 0.3 is 394 Å². The van der Waals surface area contributed by atoms with Gasteiger partial charge in [-0.25, -0.2) is 0 Å². The summed E-state index contributed by atoms with van der Waals surface area (Å²) in [5, 5.41) is 21.2. The van der Waals surface area contributed by atoms with Crippen molar-refractivity contribution in [1.82, 2.24) is 9.38 Å². The molecular formula is C59H38N2P2Se2. The summed E-state index contributed by atoms with van der Waals surface area (Å²) in [6.45, 7) is 0. The molecular weight excluding hydrogens is 957 g/mol. The first kappa shape index (κ1) is 39.2. The number of aromatic nitrogens is 2. The zero-order valence-corrected chi connectivity index (χ0v) is 40.3. The summed E-state index contributed by atoms with van der Waals surface area (Å²) in [5.74, 6) is 0. The van der Waals surface area contributed by atoms with E-state index in [1.807, 2.05) is 0 Å². The van der Waals surface area contributed by atoms with Crippen molar-refractivity contribution in [2.24, 2.45) is 0 Å². The molecule has 2 aromatic heterocycles. The van der Waals surface area contributed by atoms with Gasteiger partial charge in [0, 0.05) is 0 Å². The Labute approximate surface area is 391 Å². The molecule has 6 heteroatoms. The molecule has 1 unspecified atom stereocenters. The second-order valence-electron chi connectivity index (χ2n) is 17.0. The van der Waals surface area contributed by atoms with Crippen LogP contribution in [-0.2, 0) is 0 Å². The number of fused-ring (bicyclic) bond motifs is 13. The third-order valence-corrected chi connectivity index (χ3v) is 27.5. The van der Waals surface area contributed by atoms with E-state index < -0.39 is 11.0 Å². The van der Waals surface area contributed by atoms with Crippen molar-refractivity contribution in [3.8, 4) is 0 Å². The normalized spacial score (nSPS) is 13.2. The van der Waals surface area contributed by atoms with Gasteiger partial charge in [-0.1, -0.05) is 0 Å². The Hall–Kier alpha value is -6.17. The number of nitrogens with zero attached hydrogens (tertiary/aromatic N) is 2. The van der Waals surface area contributed by atoms with Crippen LogP contribution >= 0.6 is 11.0 Å². The molecule has 0 bridgehead atoms. The monoisotopic (exact) mass is 996 g/mol. The fourth-order valence-electron chi connectivity index (χ4n) is 10.2. The third-order valence-electron chi connectivity index (χ3n) is 13.4. The summed E-state index contributed by atoms with van der Waals surface area (Å²) in [6, 6.07) is 85.8. The standard InChI is InChI=1S/C59H38N2P2Se2/c64-62(46-19-2-1-3-20-46,47-26-22-39-12-4-7-16-43(39)34-47)51-29-32-53-54-31-25-42-15-10-11-21-52(42)58(54)59-60-55-37-50(30-33-56(55)61(59)57(53)38-51)63(65,48-27-23-40-13-5-8-17-44(40)35-48)49-28-24-41-14-6-9-18-45(41)36-49/h1-38H. The van der Waals surface area contributed by atoms with Crippen molar-refractivity contribution >= 4 is 154 Å². The Balaban J connectivity index is 1.11. The van der Waals surface area contributed by atoms with Crippen LogP contribution in [0, 0.1) is 0 Å². The molecule has 11 aromatic carbocycles. The summed E-state index contributed by atoms with van der Waals surface area (Å²) in [7, 11) is 0. The minimum atomic E-state index is -2.31. The van der Waals surface area contributed by atoms with Crippen molar-refractivity contribution in [2.45, 2.75) is 0 Å². The van der Waals surface area contributed by atoms with Crippen LogP contribution in [0.2, 0.25) is 0 Å². The van der Waals surface area contributed by atoms with Gasteiger partial charge < -0.3 is 0 Å². The average Bonchev–Trinajstić information content (AvgIpc) is 3.77. The van der Waals surface area contributed by atoms with Crippen molar-refractivity contribution < 1.29 is 0 Å². The molecule has 13 aromatic rings. The maximum atomic E-state index is 5.72. The van der Waals surface area contributed by atoms with Gasteiger partial charge in [0.15, 0.2) is 0 Å². The van der Waals surface area contributed by atoms with E-state index in [9.17, 15) is 0 Å². The predicted molar refractivity (Wildman–Crippen MR) is 287 cm³/mol. The van der Waals surface area contributed by atoms with E-state index in [4.69, 9.17) is 4.98 Å². The first-order valence-corrected chi connectivity index (χ1v) is 29.9. The van der Waals surface area contributed by atoms with Crippen molar-refractivity contribution in [1.29, 1.82) is 0 Å². The molecule has 0 N–H and O–H groups in total. The Morgan fingerprint density at radius 1 is 0.308 bits per heavy atom. The first-order chi connectivity index (χ1) is 31.9. The molecule has 13 rings (SSSR count). The predicted octanol–water partition coefficient (Wildman–Crippen LogP) is 12.2. The molecule has 0 fully saturated rings. The molecule has 0 aliphatic carbocycles. The van der Waals surface area contributed by atoms with Gasteiger partial charge in [-0.05, 0) is 0 Å². The molecule has 2 heterocycles. The Kier molecular flexibility index (Phi) is 9.17. The number of imidazole rings is 1. The van der Waals surface area contributed by atoms with Gasteiger partial charge in [0.25, 0.3) is 0 Å². The van der Waals surface area contributed by atoms with Crippen LogP contribution in [-0.4, -0.2) is 39.6 Å². The number of pyridine rings is 1. The van der Waals surface area contributed by atoms with Crippen molar-refractivity contribution in [2.75, 3.05) is 0 Å². The SMILES string of the molecule is [Se]=P(c1ccc2ccccc2c1)(c1ccc2ccccc2c1)c1ccc2c(c1)nc1c3c4ccccc4ccc3c3ccc(P(=[Se])(c4ccccc4)c4ccc5ccccc5c4)cc3n21. The van der Waals surface area contributed by atoms with Crippen LogP contribution in [0.1, 0.15) is 0 Å². The van der Waals surface area contributed by atoms with E-state index in [1.165, 1.54) is 91.1 Å². The van der Waals surface area contributed by atoms with E-state index in [0.29, 0.717) is 0 Å². The molecule has 0 aliphatic rings. The van der Waals surface area contributed by atoms with Crippen LogP contribution in [0.25, 0.3) is 81.4 Å². The summed E-state index contributed by atoms with van der Waals surface area (Å²) >= 11 is 7.77. The molecule has 0 spiro atoms. The Bertz CT molecular complexity index is 4130. The summed E-state index contributed by atoms with van der Waals surface area (Å²) in [4.78, 5) is 5.72. The zero-order valence-electron chi connectivity index (χ0n) is 35.0. The molecule has 65 heavy (non-hydrogen) atoms. The van der Waals surface area contributed by atoms with Gasteiger partial charge in [-0.2, -0.15) is 0 Å². The molecule has 0 saturated carbocycles. The number of rotatable bonds is 6. The fraction of sp³-hybridized carbons (Fsp3) is 0. The van der Waals surface area contributed by atoms with Gasteiger partial charge in [0.2, 0.25) is 0 Å². The molecule has 1 atom stereocenters. The molecule has 0 aliphatic heterocycles. The molecule has 306 valence electrons. The number of hydrogen-bond donors (Lipinski definition) is 0. The van der Waals surface area contributed by atoms with Crippen molar-refractivity contribution in [3.63, 3.8) is 0 Å². The van der Waals surface area contributed by atoms with Crippen molar-refractivity contribution in [3.05, 3.63) is 231 Å². The summed E-state index contributed by atoms with van der Waals surface area (Å²) in [5.41, 5.74) is -0.346.